The maximum atomic E-state index is 13.5. The summed E-state index contributed by atoms with van der Waals surface area (Å²) in [6, 6.07) is 15.1. The van der Waals surface area contributed by atoms with Gasteiger partial charge < -0.3 is 19.5 Å². The Labute approximate surface area is 181 Å². The first-order valence-electron chi connectivity index (χ1n) is 10.8. The third kappa shape index (κ3) is 3.17. The minimum absolute atomic E-state index is 0.0117. The summed E-state index contributed by atoms with van der Waals surface area (Å²) >= 11 is 0. The van der Waals surface area contributed by atoms with Crippen molar-refractivity contribution in [3.8, 4) is 5.75 Å². The second-order valence-electron chi connectivity index (χ2n) is 8.88. The minimum atomic E-state index is -0.497. The Bertz CT molecular complexity index is 1170. The standard InChI is InChI=1S/C25H27N3O3/c1-15(2)13-27-14-22(29)28-21(25(27)30)12-19-18-9-4-5-10-20(18)26-23(19)24(28)16-7-6-8-17(11-16)31-3/h4-11,15,21,24,26H,12-14H2,1-3H3/t21-,24?/m0/s1. The van der Waals surface area contributed by atoms with Crippen LogP contribution in [0.2, 0.25) is 0 Å². The molecule has 5 rings (SSSR count). The molecule has 1 saturated heterocycles. The highest BCUT2D eigenvalue weighted by Gasteiger charge is 2.48. The lowest BCUT2D eigenvalue weighted by Crippen LogP contribution is -2.63. The molecular weight excluding hydrogens is 390 g/mol. The van der Waals surface area contributed by atoms with Gasteiger partial charge in [-0.1, -0.05) is 44.2 Å². The molecule has 1 aromatic heterocycles. The van der Waals surface area contributed by atoms with Crippen LogP contribution < -0.4 is 4.74 Å². The lowest BCUT2D eigenvalue weighted by atomic mass is 9.86. The molecule has 2 amide bonds. The Morgan fingerprint density at radius 1 is 1.13 bits per heavy atom. The van der Waals surface area contributed by atoms with Crippen LogP contribution in [-0.2, 0) is 16.0 Å². The molecule has 1 fully saturated rings. The summed E-state index contributed by atoms with van der Waals surface area (Å²) in [7, 11) is 1.64. The van der Waals surface area contributed by atoms with Gasteiger partial charge in [-0.15, -0.1) is 0 Å². The molecule has 0 bridgehead atoms. The van der Waals surface area contributed by atoms with Gasteiger partial charge in [-0.3, -0.25) is 9.59 Å². The minimum Gasteiger partial charge on any atom is -0.497 e. The number of methoxy groups -OCH3 is 1. The van der Waals surface area contributed by atoms with Crippen LogP contribution in [-0.4, -0.2) is 52.8 Å². The molecule has 0 spiro atoms. The number of carbonyl (C=O) groups excluding carboxylic acids is 2. The number of aromatic nitrogens is 1. The predicted molar refractivity (Wildman–Crippen MR) is 119 cm³/mol. The predicted octanol–water partition coefficient (Wildman–Crippen LogP) is 3.52. The molecule has 0 saturated carbocycles. The first-order valence-corrected chi connectivity index (χ1v) is 10.8. The number of carbonyl (C=O) groups is 2. The van der Waals surface area contributed by atoms with Crippen molar-refractivity contribution in [2.45, 2.75) is 32.4 Å². The zero-order valence-electron chi connectivity index (χ0n) is 18.1. The molecule has 160 valence electrons. The molecule has 2 aliphatic heterocycles. The number of para-hydroxylation sites is 1. The number of benzene rings is 2. The number of hydrogen-bond donors (Lipinski definition) is 1. The topological polar surface area (TPSA) is 65.6 Å². The zero-order valence-corrected chi connectivity index (χ0v) is 18.1. The van der Waals surface area contributed by atoms with Crippen LogP contribution >= 0.6 is 0 Å². The normalized spacial score (nSPS) is 20.9. The number of nitrogens with one attached hydrogen (secondary N) is 1. The largest absolute Gasteiger partial charge is 0.497 e. The van der Waals surface area contributed by atoms with Crippen LogP contribution in [0, 0.1) is 5.92 Å². The molecule has 1 N–H and O–H groups in total. The molecule has 31 heavy (non-hydrogen) atoms. The van der Waals surface area contributed by atoms with Crippen molar-refractivity contribution in [3.63, 3.8) is 0 Å². The summed E-state index contributed by atoms with van der Waals surface area (Å²) in [5.41, 5.74) is 4.08. The number of fused-ring (bicyclic) bond motifs is 4. The van der Waals surface area contributed by atoms with Gasteiger partial charge in [0, 0.05) is 29.6 Å². The Morgan fingerprint density at radius 2 is 1.94 bits per heavy atom. The van der Waals surface area contributed by atoms with E-state index in [-0.39, 0.29) is 24.4 Å². The van der Waals surface area contributed by atoms with Gasteiger partial charge in [-0.25, -0.2) is 0 Å². The molecule has 1 unspecified atom stereocenters. The molecule has 6 nitrogen and oxygen atoms in total. The fourth-order valence-corrected chi connectivity index (χ4v) is 5.08. The van der Waals surface area contributed by atoms with Crippen LogP contribution in [0.5, 0.6) is 5.75 Å². The van der Waals surface area contributed by atoms with Gasteiger partial charge >= 0.3 is 0 Å². The summed E-state index contributed by atoms with van der Waals surface area (Å²) in [5, 5.41) is 1.12. The average Bonchev–Trinajstić information content (AvgIpc) is 3.14. The second kappa shape index (κ2) is 7.45. The number of H-pyrrole nitrogens is 1. The van der Waals surface area contributed by atoms with Crippen LogP contribution in [0.3, 0.4) is 0 Å². The van der Waals surface area contributed by atoms with Crippen LogP contribution in [0.1, 0.15) is 36.7 Å². The fraction of sp³-hybridized carbons (Fsp3) is 0.360. The SMILES string of the molecule is COc1cccc(C2c3[nH]c4ccccc4c3C[C@H]3C(=O)N(CC(C)C)CC(=O)N23)c1. The van der Waals surface area contributed by atoms with E-state index in [1.54, 1.807) is 16.9 Å². The van der Waals surface area contributed by atoms with Gasteiger partial charge in [0.25, 0.3) is 0 Å². The average molecular weight is 418 g/mol. The molecule has 3 aromatic rings. The lowest BCUT2D eigenvalue weighted by molar-refractivity contribution is -0.159. The van der Waals surface area contributed by atoms with Gasteiger partial charge in [-0.05, 0) is 35.2 Å². The lowest BCUT2D eigenvalue weighted by Gasteiger charge is -2.47. The van der Waals surface area contributed by atoms with Gasteiger partial charge in [0.15, 0.2) is 0 Å². The number of amides is 2. The van der Waals surface area contributed by atoms with Crippen molar-refractivity contribution in [3.05, 3.63) is 65.4 Å². The molecule has 2 atom stereocenters. The quantitative estimate of drug-likeness (QED) is 0.706. The molecule has 2 aromatic carbocycles. The van der Waals surface area contributed by atoms with Crippen molar-refractivity contribution in [1.29, 1.82) is 0 Å². The fourth-order valence-electron chi connectivity index (χ4n) is 5.08. The van der Waals surface area contributed by atoms with E-state index in [0.717, 1.165) is 33.5 Å². The smallest absolute Gasteiger partial charge is 0.246 e. The number of nitrogens with zero attached hydrogens (tertiary/aromatic N) is 2. The maximum absolute atomic E-state index is 13.5. The Morgan fingerprint density at radius 3 is 2.71 bits per heavy atom. The third-order valence-corrected chi connectivity index (χ3v) is 6.34. The molecule has 0 aliphatic carbocycles. The van der Waals surface area contributed by atoms with E-state index in [9.17, 15) is 9.59 Å². The van der Waals surface area contributed by atoms with Gasteiger partial charge in [-0.2, -0.15) is 0 Å². The van der Waals surface area contributed by atoms with Gasteiger partial charge in [0.05, 0.1) is 19.7 Å². The third-order valence-electron chi connectivity index (χ3n) is 6.34. The summed E-state index contributed by atoms with van der Waals surface area (Å²) in [4.78, 5) is 34.0. The van der Waals surface area contributed by atoms with Crippen molar-refractivity contribution in [1.82, 2.24) is 14.8 Å². The molecule has 3 heterocycles. The van der Waals surface area contributed by atoms with E-state index in [0.29, 0.717) is 18.9 Å². The highest BCUT2D eigenvalue weighted by atomic mass is 16.5. The van der Waals surface area contributed by atoms with E-state index >= 15 is 0 Å². The molecule has 6 heteroatoms. The Hall–Kier alpha value is -3.28. The summed E-state index contributed by atoms with van der Waals surface area (Å²) < 4.78 is 5.45. The number of ether oxygens (including phenoxy) is 1. The van der Waals surface area contributed by atoms with E-state index in [4.69, 9.17) is 4.74 Å². The van der Waals surface area contributed by atoms with Crippen molar-refractivity contribution in [2.75, 3.05) is 20.2 Å². The van der Waals surface area contributed by atoms with Crippen molar-refractivity contribution < 1.29 is 14.3 Å². The Kier molecular flexibility index (Phi) is 4.73. The highest BCUT2D eigenvalue weighted by Crippen LogP contribution is 2.43. The van der Waals surface area contributed by atoms with Crippen molar-refractivity contribution >= 4 is 22.7 Å². The summed E-state index contributed by atoms with van der Waals surface area (Å²) in [6.07, 6.45) is 0.527. The van der Waals surface area contributed by atoms with Gasteiger partial charge in [0.1, 0.15) is 11.8 Å². The van der Waals surface area contributed by atoms with E-state index < -0.39 is 6.04 Å². The Balaban J connectivity index is 1.68. The highest BCUT2D eigenvalue weighted by molar-refractivity contribution is 5.97. The second-order valence-corrected chi connectivity index (χ2v) is 8.88. The number of piperazine rings is 1. The number of aromatic amines is 1. The first-order chi connectivity index (χ1) is 15.0. The summed E-state index contributed by atoms with van der Waals surface area (Å²) in [5.74, 6) is 1.07. The first kappa shape index (κ1) is 19.7. The van der Waals surface area contributed by atoms with Gasteiger partial charge in [0.2, 0.25) is 11.8 Å². The van der Waals surface area contributed by atoms with Crippen LogP contribution in [0.25, 0.3) is 10.9 Å². The monoisotopic (exact) mass is 417 g/mol. The molecule has 0 radical (unpaired) electrons. The van der Waals surface area contributed by atoms with E-state index in [2.05, 4.69) is 24.9 Å². The zero-order chi connectivity index (χ0) is 21.7. The summed E-state index contributed by atoms with van der Waals surface area (Å²) in [6.45, 7) is 4.87. The number of hydrogen-bond acceptors (Lipinski definition) is 3. The van der Waals surface area contributed by atoms with Crippen LogP contribution in [0.15, 0.2) is 48.5 Å². The molecule has 2 aliphatic rings. The maximum Gasteiger partial charge on any atom is 0.246 e. The van der Waals surface area contributed by atoms with E-state index in [1.807, 2.05) is 42.5 Å². The van der Waals surface area contributed by atoms with Crippen LogP contribution in [0.4, 0.5) is 0 Å². The molecular formula is C25H27N3O3. The number of rotatable bonds is 4. The van der Waals surface area contributed by atoms with Crippen molar-refractivity contribution in [2.24, 2.45) is 5.92 Å². The van der Waals surface area contributed by atoms with E-state index in [1.165, 1.54) is 0 Å².